The molecule has 0 spiro atoms. The zero-order valence-electron chi connectivity index (χ0n) is 17.9. The zero-order chi connectivity index (χ0) is 22.2. The first-order valence-electron chi connectivity index (χ1n) is 9.98. The molecule has 5 nitrogen and oxygen atoms in total. The third-order valence-electron chi connectivity index (χ3n) is 5.73. The van der Waals surface area contributed by atoms with E-state index in [4.69, 9.17) is 0 Å². The molecule has 0 fully saturated rings. The van der Waals surface area contributed by atoms with Gasteiger partial charge in [0.2, 0.25) is 0 Å². The van der Waals surface area contributed by atoms with Gasteiger partial charge in [0.15, 0.2) is 0 Å². The van der Waals surface area contributed by atoms with E-state index in [1.807, 2.05) is 0 Å². The molecule has 30 heavy (non-hydrogen) atoms. The fourth-order valence-corrected chi connectivity index (χ4v) is 5.57. The lowest BCUT2D eigenvalue weighted by molar-refractivity contribution is 0.0952. The van der Waals surface area contributed by atoms with Crippen LogP contribution in [0.2, 0.25) is 0 Å². The van der Waals surface area contributed by atoms with E-state index in [1.165, 1.54) is 11.3 Å². The van der Waals surface area contributed by atoms with Crippen LogP contribution in [-0.4, -0.2) is 29.3 Å². The highest BCUT2D eigenvalue weighted by molar-refractivity contribution is 9.11. The predicted molar refractivity (Wildman–Crippen MR) is 130 cm³/mol. The van der Waals surface area contributed by atoms with Crippen LogP contribution in [0.4, 0.5) is 5.69 Å². The van der Waals surface area contributed by atoms with Crippen LogP contribution in [0.1, 0.15) is 67.1 Å². The Kier molecular flexibility index (Phi) is 6.63. The number of rotatable bonds is 4. The van der Waals surface area contributed by atoms with E-state index in [2.05, 4.69) is 94.0 Å². The van der Waals surface area contributed by atoms with Crippen molar-refractivity contribution in [3.05, 3.63) is 55.5 Å². The first-order valence-corrected chi connectivity index (χ1v) is 11.6. The summed E-state index contributed by atoms with van der Waals surface area (Å²) in [4.78, 5) is 14.9. The first-order chi connectivity index (χ1) is 14.0. The molecule has 1 aliphatic heterocycles. The third-order valence-corrected chi connectivity index (χ3v) is 6.79. The molecule has 0 saturated carbocycles. The van der Waals surface area contributed by atoms with Crippen molar-refractivity contribution in [1.82, 2.24) is 5.43 Å². The summed E-state index contributed by atoms with van der Waals surface area (Å²) in [5.41, 5.74) is 7.44. The lowest BCUT2D eigenvalue weighted by atomic mass is 9.79. The number of hydrazone groups is 1. The molecule has 3 rings (SSSR count). The van der Waals surface area contributed by atoms with Crippen molar-refractivity contribution in [1.29, 1.82) is 0 Å². The Morgan fingerprint density at radius 1 is 1.33 bits per heavy atom. The normalized spacial score (nSPS) is 17.8. The summed E-state index contributed by atoms with van der Waals surface area (Å²) in [6.45, 7) is 12.1. The Morgan fingerprint density at radius 2 is 2.03 bits per heavy atom. The number of anilines is 1. The predicted octanol–water partition coefficient (Wildman–Crippen LogP) is 6.10. The molecule has 1 atom stereocenters. The van der Waals surface area contributed by atoms with Crippen molar-refractivity contribution in [2.24, 2.45) is 5.10 Å². The number of benzene rings is 2. The maximum absolute atomic E-state index is 12.4. The Labute approximate surface area is 194 Å². The van der Waals surface area contributed by atoms with E-state index in [9.17, 15) is 9.90 Å². The lowest BCUT2D eigenvalue weighted by Gasteiger charge is -2.47. The number of halogens is 2. The topological polar surface area (TPSA) is 64.9 Å². The van der Waals surface area contributed by atoms with E-state index in [0.29, 0.717) is 14.9 Å². The number of aryl methyl sites for hydroxylation is 1. The van der Waals surface area contributed by atoms with Crippen LogP contribution >= 0.6 is 31.9 Å². The molecular weight excluding hydrogens is 510 g/mol. The summed E-state index contributed by atoms with van der Waals surface area (Å²) >= 11 is 6.56. The SMILES string of the molecule is CCN1c2cc(C)c(/C=N\NC(=O)c3cc(Br)cc(Br)c3O)cc2C(C)CC1(C)C. The maximum Gasteiger partial charge on any atom is 0.275 e. The van der Waals surface area contributed by atoms with Gasteiger partial charge in [-0.05, 0) is 96.9 Å². The van der Waals surface area contributed by atoms with Gasteiger partial charge in [0.25, 0.3) is 5.91 Å². The molecule has 0 bridgehead atoms. The summed E-state index contributed by atoms with van der Waals surface area (Å²) in [5.74, 6) is -0.156. The van der Waals surface area contributed by atoms with E-state index in [0.717, 1.165) is 24.1 Å². The monoisotopic (exact) mass is 535 g/mol. The van der Waals surface area contributed by atoms with Crippen molar-refractivity contribution in [3.63, 3.8) is 0 Å². The Balaban J connectivity index is 1.86. The summed E-state index contributed by atoms with van der Waals surface area (Å²) in [6.07, 6.45) is 2.75. The average molecular weight is 537 g/mol. The minimum absolute atomic E-state index is 0.119. The first kappa shape index (κ1) is 22.8. The maximum atomic E-state index is 12.4. The molecule has 0 radical (unpaired) electrons. The number of amides is 1. The number of carbonyl (C=O) groups is 1. The van der Waals surface area contributed by atoms with Gasteiger partial charge in [0, 0.05) is 22.2 Å². The Bertz CT molecular complexity index is 1020. The van der Waals surface area contributed by atoms with Gasteiger partial charge in [0.1, 0.15) is 5.75 Å². The molecular formula is C23H27Br2N3O2. The second kappa shape index (κ2) is 8.71. The van der Waals surface area contributed by atoms with Crippen molar-refractivity contribution in [2.75, 3.05) is 11.4 Å². The van der Waals surface area contributed by atoms with Gasteiger partial charge in [-0.2, -0.15) is 5.10 Å². The fourth-order valence-electron chi connectivity index (χ4n) is 4.35. The number of phenolic OH excluding ortho intramolecular Hbond substituents is 1. The minimum atomic E-state index is -0.478. The average Bonchev–Trinajstić information content (AvgIpc) is 2.65. The second-order valence-electron chi connectivity index (χ2n) is 8.41. The number of nitrogens with one attached hydrogen (secondary N) is 1. The minimum Gasteiger partial charge on any atom is -0.506 e. The highest BCUT2D eigenvalue weighted by Gasteiger charge is 2.35. The Morgan fingerprint density at radius 3 is 2.70 bits per heavy atom. The van der Waals surface area contributed by atoms with Crippen LogP contribution in [0.25, 0.3) is 0 Å². The van der Waals surface area contributed by atoms with Gasteiger partial charge in [-0.25, -0.2) is 5.43 Å². The van der Waals surface area contributed by atoms with Crippen LogP contribution in [0.3, 0.4) is 0 Å². The molecule has 1 unspecified atom stereocenters. The van der Waals surface area contributed by atoms with E-state index in [-0.39, 0.29) is 16.9 Å². The summed E-state index contributed by atoms with van der Waals surface area (Å²) in [6, 6.07) is 7.62. The van der Waals surface area contributed by atoms with Crippen molar-refractivity contribution >= 4 is 49.7 Å². The largest absolute Gasteiger partial charge is 0.506 e. The van der Waals surface area contributed by atoms with E-state index in [1.54, 1.807) is 18.3 Å². The fraction of sp³-hybridized carbons (Fsp3) is 0.391. The molecule has 2 N–H and O–H groups in total. The van der Waals surface area contributed by atoms with Gasteiger partial charge in [0.05, 0.1) is 16.3 Å². The molecule has 0 saturated heterocycles. The van der Waals surface area contributed by atoms with Crippen LogP contribution < -0.4 is 10.3 Å². The number of phenols is 1. The van der Waals surface area contributed by atoms with Gasteiger partial charge < -0.3 is 10.0 Å². The smallest absolute Gasteiger partial charge is 0.275 e. The Hall–Kier alpha value is -1.86. The van der Waals surface area contributed by atoms with Gasteiger partial charge in [-0.15, -0.1) is 0 Å². The van der Waals surface area contributed by atoms with Crippen molar-refractivity contribution < 1.29 is 9.90 Å². The molecule has 1 heterocycles. The summed E-state index contributed by atoms with van der Waals surface area (Å²) in [7, 11) is 0. The summed E-state index contributed by atoms with van der Waals surface area (Å²) < 4.78 is 1.12. The number of hydrogen-bond donors (Lipinski definition) is 2. The highest BCUT2D eigenvalue weighted by atomic mass is 79.9. The standard InChI is InChI=1S/C23H27Br2N3O2/c1-6-28-20-7-13(2)15(8-17(20)14(3)11-23(28,4)5)12-26-27-22(30)18-9-16(24)10-19(25)21(18)29/h7-10,12,14,29H,6,11H2,1-5H3,(H,27,30)/b26-12-. The molecule has 160 valence electrons. The van der Waals surface area contributed by atoms with E-state index >= 15 is 0 Å². The van der Waals surface area contributed by atoms with Gasteiger partial charge >= 0.3 is 0 Å². The third kappa shape index (κ3) is 4.42. The van der Waals surface area contributed by atoms with Crippen LogP contribution in [0, 0.1) is 6.92 Å². The zero-order valence-corrected chi connectivity index (χ0v) is 21.1. The number of carbonyl (C=O) groups excluding carboxylic acids is 1. The molecule has 2 aromatic rings. The van der Waals surface area contributed by atoms with Crippen LogP contribution in [0.5, 0.6) is 5.75 Å². The van der Waals surface area contributed by atoms with Crippen LogP contribution in [-0.2, 0) is 0 Å². The van der Waals surface area contributed by atoms with Crippen molar-refractivity contribution in [3.8, 4) is 5.75 Å². The lowest BCUT2D eigenvalue weighted by Crippen LogP contribution is -2.48. The molecule has 2 aromatic carbocycles. The van der Waals surface area contributed by atoms with Crippen molar-refractivity contribution in [2.45, 2.75) is 52.5 Å². The quantitative estimate of drug-likeness (QED) is 0.366. The number of nitrogens with zero attached hydrogens (tertiary/aromatic N) is 2. The van der Waals surface area contributed by atoms with Crippen LogP contribution in [0.15, 0.2) is 38.3 Å². The number of fused-ring (bicyclic) bond motifs is 1. The summed E-state index contributed by atoms with van der Waals surface area (Å²) in [5, 5.41) is 14.3. The highest BCUT2D eigenvalue weighted by Crippen LogP contribution is 2.44. The molecule has 7 heteroatoms. The molecule has 1 amide bonds. The van der Waals surface area contributed by atoms with Gasteiger partial charge in [-0.3, -0.25) is 4.79 Å². The molecule has 1 aliphatic rings. The van der Waals surface area contributed by atoms with E-state index < -0.39 is 5.91 Å². The second-order valence-corrected chi connectivity index (χ2v) is 10.2. The number of aromatic hydroxyl groups is 1. The van der Waals surface area contributed by atoms with Gasteiger partial charge in [-0.1, -0.05) is 22.9 Å². The molecule has 0 aromatic heterocycles. The number of hydrogen-bond acceptors (Lipinski definition) is 4. The molecule has 0 aliphatic carbocycles.